The van der Waals surface area contributed by atoms with Crippen LogP contribution in [0.4, 0.5) is 0 Å². The highest BCUT2D eigenvalue weighted by Crippen LogP contribution is 2.40. The number of hydrogen-bond acceptors (Lipinski definition) is 2. The van der Waals surface area contributed by atoms with Crippen molar-refractivity contribution in [1.29, 1.82) is 0 Å². The molecule has 0 aliphatic carbocycles. The van der Waals surface area contributed by atoms with Gasteiger partial charge in [-0.05, 0) is 35.4 Å². The van der Waals surface area contributed by atoms with Crippen LogP contribution in [0.5, 0.6) is 0 Å². The summed E-state index contributed by atoms with van der Waals surface area (Å²) in [6.45, 7) is 13.5. The van der Waals surface area contributed by atoms with Crippen LogP contribution in [0.15, 0.2) is 17.0 Å². The fourth-order valence-electron chi connectivity index (χ4n) is 2.25. The van der Waals surface area contributed by atoms with Crippen LogP contribution in [0, 0.1) is 13.8 Å². The number of hydrogen-bond donors (Lipinski definition) is 0. The first-order valence-corrected chi connectivity index (χ1v) is 6.99. The predicted octanol–water partition coefficient (Wildman–Crippen LogP) is 2.39. The van der Waals surface area contributed by atoms with Gasteiger partial charge in [-0.3, -0.25) is 0 Å². The molecule has 2 rings (SSSR count). The third-order valence-electron chi connectivity index (χ3n) is 3.44. The molecule has 1 aromatic rings. The average Bonchev–Trinajstić information content (AvgIpc) is 2.17. The summed E-state index contributed by atoms with van der Waals surface area (Å²) in [5.74, 6) is 0.192. The Balaban J connectivity index is 2.86. The minimum Gasteiger partial charge on any atom is -0.224 e. The van der Waals surface area contributed by atoms with Crippen molar-refractivity contribution in [2.24, 2.45) is 0 Å². The summed E-state index contributed by atoms with van der Waals surface area (Å²) in [6, 6.07) is 3.48. The van der Waals surface area contributed by atoms with E-state index < -0.39 is 9.84 Å². The van der Waals surface area contributed by atoms with Gasteiger partial charge < -0.3 is 0 Å². The smallest absolute Gasteiger partial charge is 0.178 e. The zero-order valence-corrected chi connectivity index (χ0v) is 10.6. The van der Waals surface area contributed by atoms with Crippen molar-refractivity contribution in [2.75, 3.05) is 5.75 Å². The van der Waals surface area contributed by atoms with Crippen LogP contribution in [-0.2, 0) is 15.3 Å². The Morgan fingerprint density at radius 2 is 1.94 bits per heavy atom. The number of benzene rings is 1. The van der Waals surface area contributed by atoms with E-state index in [1.807, 2.05) is 0 Å². The van der Waals surface area contributed by atoms with Crippen molar-refractivity contribution in [3.63, 3.8) is 0 Å². The van der Waals surface area contributed by atoms with Crippen LogP contribution < -0.4 is 0 Å². The second-order valence-corrected chi connectivity index (χ2v) is 7.11. The maximum atomic E-state index is 12.1. The molecule has 0 N–H and O–H groups in total. The van der Waals surface area contributed by atoms with Gasteiger partial charge in [0.2, 0.25) is 0 Å². The Hall–Kier alpha value is -0.830. The Labute approximate surface area is 97.6 Å². The molecule has 0 bridgehead atoms. The van der Waals surface area contributed by atoms with Crippen LogP contribution in [-0.4, -0.2) is 14.2 Å². The van der Waals surface area contributed by atoms with Crippen molar-refractivity contribution in [1.82, 2.24) is 0 Å². The van der Waals surface area contributed by atoms with E-state index in [2.05, 4.69) is 13.8 Å². The SMILES string of the molecule is [C]c1ccc2c(c1C)S(=O)(=O)CCC2(C)C. The molecule has 0 saturated carbocycles. The topological polar surface area (TPSA) is 34.1 Å². The molecular formula is C13H15O2S. The highest BCUT2D eigenvalue weighted by molar-refractivity contribution is 7.91. The van der Waals surface area contributed by atoms with E-state index in [0.717, 1.165) is 5.56 Å². The van der Waals surface area contributed by atoms with Gasteiger partial charge in [-0.25, -0.2) is 8.42 Å². The van der Waals surface area contributed by atoms with E-state index in [1.165, 1.54) is 0 Å². The third-order valence-corrected chi connectivity index (χ3v) is 5.33. The van der Waals surface area contributed by atoms with Crippen molar-refractivity contribution in [2.45, 2.75) is 37.5 Å². The van der Waals surface area contributed by atoms with E-state index in [0.29, 0.717) is 22.4 Å². The predicted molar refractivity (Wildman–Crippen MR) is 63.2 cm³/mol. The minimum atomic E-state index is -3.19. The van der Waals surface area contributed by atoms with Gasteiger partial charge >= 0.3 is 0 Å². The second kappa shape index (κ2) is 3.33. The van der Waals surface area contributed by atoms with Crippen LogP contribution in [0.2, 0.25) is 0 Å². The van der Waals surface area contributed by atoms with Crippen molar-refractivity contribution >= 4 is 9.84 Å². The summed E-state index contributed by atoms with van der Waals surface area (Å²) < 4.78 is 24.1. The third kappa shape index (κ3) is 1.58. The van der Waals surface area contributed by atoms with Gasteiger partial charge in [0.15, 0.2) is 9.84 Å². The zero-order valence-electron chi connectivity index (χ0n) is 9.79. The standard InChI is InChI=1S/C13H15O2S/c1-9-5-6-11-12(10(9)2)16(14,15)8-7-13(11,3)4/h5-6H,7-8H2,2-4H3. The molecule has 16 heavy (non-hydrogen) atoms. The lowest BCUT2D eigenvalue weighted by molar-refractivity contribution is 0.471. The molecule has 0 unspecified atom stereocenters. The molecule has 0 fully saturated rings. The van der Waals surface area contributed by atoms with Gasteiger partial charge in [0.05, 0.1) is 10.6 Å². The number of sulfone groups is 1. The summed E-state index contributed by atoms with van der Waals surface area (Å²) in [6.07, 6.45) is 0.652. The summed E-state index contributed by atoms with van der Waals surface area (Å²) in [4.78, 5) is 0.399. The van der Waals surface area contributed by atoms with E-state index in [-0.39, 0.29) is 11.2 Å². The average molecular weight is 235 g/mol. The second-order valence-electron chi connectivity index (χ2n) is 5.07. The molecule has 0 amide bonds. The lowest BCUT2D eigenvalue weighted by Crippen LogP contribution is -2.31. The molecule has 1 aliphatic heterocycles. The number of rotatable bonds is 0. The molecule has 0 atom stereocenters. The molecule has 1 heterocycles. The quantitative estimate of drug-likeness (QED) is 0.692. The van der Waals surface area contributed by atoms with Crippen molar-refractivity contribution < 1.29 is 8.42 Å². The number of fused-ring (bicyclic) bond motifs is 1. The minimum absolute atomic E-state index is 0.112. The van der Waals surface area contributed by atoms with Crippen LogP contribution in [0.25, 0.3) is 0 Å². The van der Waals surface area contributed by atoms with Gasteiger partial charge in [-0.2, -0.15) is 0 Å². The van der Waals surface area contributed by atoms with Crippen LogP contribution >= 0.6 is 0 Å². The van der Waals surface area contributed by atoms with Gasteiger partial charge in [0.25, 0.3) is 0 Å². The highest BCUT2D eigenvalue weighted by atomic mass is 32.2. The van der Waals surface area contributed by atoms with Gasteiger partial charge in [-0.1, -0.05) is 26.0 Å². The van der Waals surface area contributed by atoms with Crippen molar-refractivity contribution in [3.8, 4) is 0 Å². The molecule has 2 nitrogen and oxygen atoms in total. The maximum Gasteiger partial charge on any atom is 0.178 e. The first-order chi connectivity index (χ1) is 7.26. The molecule has 0 spiro atoms. The molecule has 3 heteroatoms. The molecule has 0 aromatic heterocycles. The Kier molecular flexibility index (Phi) is 2.42. The Morgan fingerprint density at radius 3 is 2.56 bits per heavy atom. The van der Waals surface area contributed by atoms with Crippen LogP contribution in [0.3, 0.4) is 0 Å². The van der Waals surface area contributed by atoms with Gasteiger partial charge in [0, 0.05) is 6.92 Å². The summed E-state index contributed by atoms with van der Waals surface area (Å²) in [5, 5.41) is 0. The maximum absolute atomic E-state index is 12.1. The molecule has 85 valence electrons. The van der Waals surface area contributed by atoms with Gasteiger partial charge in [-0.15, -0.1) is 0 Å². The monoisotopic (exact) mass is 235 g/mol. The molecule has 1 aromatic carbocycles. The van der Waals surface area contributed by atoms with Crippen LogP contribution in [0.1, 0.15) is 37.0 Å². The van der Waals surface area contributed by atoms with Gasteiger partial charge in [0.1, 0.15) is 0 Å². The van der Waals surface area contributed by atoms with E-state index >= 15 is 0 Å². The van der Waals surface area contributed by atoms with E-state index in [9.17, 15) is 8.42 Å². The highest BCUT2D eigenvalue weighted by Gasteiger charge is 2.36. The summed E-state index contributed by atoms with van der Waals surface area (Å²) in [7, 11) is -3.19. The lowest BCUT2D eigenvalue weighted by atomic mass is 9.80. The normalized spacial score (nSPS) is 21.5. The first kappa shape index (κ1) is 11.6. The molecule has 3 radical (unpaired) electrons. The van der Waals surface area contributed by atoms with E-state index in [1.54, 1.807) is 19.1 Å². The first-order valence-electron chi connectivity index (χ1n) is 5.34. The fourth-order valence-corrected chi connectivity index (χ4v) is 4.49. The molecule has 1 aliphatic rings. The summed E-state index contributed by atoms with van der Waals surface area (Å²) >= 11 is 0. The Bertz CT molecular complexity index is 539. The molecule has 0 saturated heterocycles. The van der Waals surface area contributed by atoms with E-state index in [4.69, 9.17) is 6.92 Å². The van der Waals surface area contributed by atoms with Crippen molar-refractivity contribution in [3.05, 3.63) is 35.7 Å². The Morgan fingerprint density at radius 1 is 1.31 bits per heavy atom. The molecular weight excluding hydrogens is 220 g/mol. The largest absolute Gasteiger partial charge is 0.224 e. The lowest BCUT2D eigenvalue weighted by Gasteiger charge is -2.33. The fraction of sp³-hybridized carbons (Fsp3) is 0.462. The summed E-state index contributed by atoms with van der Waals surface area (Å²) in [5.41, 5.74) is 1.65. The zero-order chi connectivity index (χ0) is 12.1.